The van der Waals surface area contributed by atoms with Crippen molar-refractivity contribution in [1.82, 2.24) is 4.98 Å². The molecule has 0 unspecified atom stereocenters. The first-order valence-corrected chi connectivity index (χ1v) is 13.4. The van der Waals surface area contributed by atoms with Gasteiger partial charge in [0.15, 0.2) is 28.7 Å². The first kappa shape index (κ1) is 28.5. The third-order valence-corrected chi connectivity index (χ3v) is 7.59. The number of hydrogen-bond acceptors (Lipinski definition) is 7. The summed E-state index contributed by atoms with van der Waals surface area (Å²) in [6, 6.07) is 20.0. The molecule has 0 spiro atoms. The number of benzene rings is 3. The van der Waals surface area contributed by atoms with E-state index in [4.69, 9.17) is 33.4 Å². The summed E-state index contributed by atoms with van der Waals surface area (Å²) in [5.41, 5.74) is 6.49. The summed E-state index contributed by atoms with van der Waals surface area (Å²) in [6.07, 6.45) is 1.85. The second-order valence-corrected chi connectivity index (χ2v) is 9.71. The molecule has 0 aliphatic carbocycles. The maximum Gasteiger partial charge on any atom is 0.213 e. The molecule has 2 aromatic heterocycles. The van der Waals surface area contributed by atoms with E-state index in [0.717, 1.165) is 55.9 Å². The Morgan fingerprint density at radius 1 is 0.619 bits per heavy atom. The SMILES string of the molecule is COc1cccc(-c2ccc(-c3cc(-c4cc5cc(OC)c(OC)c(OC)c5c(C)[n+]4C)cc(OC)c3OC)cn2)c1. The van der Waals surface area contributed by atoms with E-state index in [1.165, 1.54) is 0 Å². The number of aromatic nitrogens is 2. The van der Waals surface area contributed by atoms with Crippen molar-refractivity contribution in [2.24, 2.45) is 7.05 Å². The molecule has 5 aromatic rings. The Labute approximate surface area is 246 Å². The van der Waals surface area contributed by atoms with E-state index in [0.29, 0.717) is 28.7 Å². The Morgan fingerprint density at radius 3 is 1.95 bits per heavy atom. The Hall–Kier alpha value is -4.98. The minimum atomic E-state index is 0.557. The third kappa shape index (κ3) is 4.89. The van der Waals surface area contributed by atoms with Crippen LogP contribution in [-0.4, -0.2) is 47.6 Å². The van der Waals surface area contributed by atoms with Crippen molar-refractivity contribution in [1.29, 1.82) is 0 Å². The lowest BCUT2D eigenvalue weighted by Gasteiger charge is -2.17. The van der Waals surface area contributed by atoms with Crippen molar-refractivity contribution in [2.45, 2.75) is 6.92 Å². The van der Waals surface area contributed by atoms with Gasteiger partial charge in [-0.05, 0) is 36.4 Å². The van der Waals surface area contributed by atoms with Crippen molar-refractivity contribution in [3.05, 3.63) is 72.6 Å². The minimum absolute atomic E-state index is 0.557. The standard InChI is InChI=1S/C34H35N2O6/c1-20-31-24(18-30(39-5)33(41-7)34(31)42-8)16-28(36(20)2)23-15-26(32(40-6)29(17-23)38-4)22-12-13-27(35-19-22)21-10-9-11-25(14-21)37-3/h9-19H,1-8H3/q+1. The van der Waals surface area contributed by atoms with Crippen LogP contribution in [0.5, 0.6) is 34.5 Å². The van der Waals surface area contributed by atoms with Crippen LogP contribution in [0.1, 0.15) is 5.69 Å². The quantitative estimate of drug-likeness (QED) is 0.190. The largest absolute Gasteiger partial charge is 0.497 e. The molecule has 0 aliphatic rings. The number of pyridine rings is 2. The van der Waals surface area contributed by atoms with E-state index in [1.54, 1.807) is 42.7 Å². The molecule has 0 bridgehead atoms. The predicted octanol–water partition coefficient (Wildman–Crippen LogP) is 6.42. The van der Waals surface area contributed by atoms with E-state index < -0.39 is 0 Å². The van der Waals surface area contributed by atoms with Crippen LogP contribution < -0.4 is 33.0 Å². The molecule has 8 nitrogen and oxygen atoms in total. The first-order valence-electron chi connectivity index (χ1n) is 13.4. The molecule has 8 heteroatoms. The van der Waals surface area contributed by atoms with Crippen molar-refractivity contribution in [3.63, 3.8) is 0 Å². The molecule has 0 fully saturated rings. The molecule has 3 aromatic carbocycles. The molecule has 0 radical (unpaired) electrons. The monoisotopic (exact) mass is 567 g/mol. The fourth-order valence-electron chi connectivity index (χ4n) is 5.36. The van der Waals surface area contributed by atoms with Gasteiger partial charge in [0.2, 0.25) is 11.4 Å². The van der Waals surface area contributed by atoms with E-state index in [1.807, 2.05) is 61.8 Å². The molecule has 2 heterocycles. The number of hydrogen-bond donors (Lipinski definition) is 0. The van der Waals surface area contributed by atoms with Crippen LogP contribution in [0.2, 0.25) is 0 Å². The first-order chi connectivity index (χ1) is 20.4. The molecule has 42 heavy (non-hydrogen) atoms. The van der Waals surface area contributed by atoms with Gasteiger partial charge in [0.05, 0.1) is 59.3 Å². The second-order valence-electron chi connectivity index (χ2n) is 9.71. The zero-order valence-corrected chi connectivity index (χ0v) is 25.2. The molecule has 0 saturated carbocycles. The highest BCUT2D eigenvalue weighted by atomic mass is 16.5. The Morgan fingerprint density at radius 2 is 1.33 bits per heavy atom. The summed E-state index contributed by atoms with van der Waals surface area (Å²) in [6.45, 7) is 2.06. The molecule has 0 saturated heterocycles. The highest BCUT2D eigenvalue weighted by Crippen LogP contribution is 2.46. The number of rotatable bonds is 9. The van der Waals surface area contributed by atoms with Crippen LogP contribution in [0.15, 0.2) is 66.9 Å². The number of fused-ring (bicyclic) bond motifs is 1. The number of nitrogens with zero attached hydrogens (tertiary/aromatic N) is 2. The summed E-state index contributed by atoms with van der Waals surface area (Å²) in [4.78, 5) is 4.76. The fourth-order valence-corrected chi connectivity index (χ4v) is 5.36. The summed E-state index contributed by atoms with van der Waals surface area (Å²) in [5, 5.41) is 1.90. The predicted molar refractivity (Wildman–Crippen MR) is 163 cm³/mol. The molecular formula is C34H35N2O6+. The average Bonchev–Trinajstić information content (AvgIpc) is 3.04. The molecule has 0 atom stereocenters. The lowest BCUT2D eigenvalue weighted by atomic mass is 9.97. The second kappa shape index (κ2) is 11.9. The summed E-state index contributed by atoms with van der Waals surface area (Å²) >= 11 is 0. The Balaban J connectivity index is 1.69. The van der Waals surface area contributed by atoms with Crippen LogP contribution in [0.25, 0.3) is 44.4 Å². The van der Waals surface area contributed by atoms with Gasteiger partial charge in [0.25, 0.3) is 0 Å². The molecule has 0 N–H and O–H groups in total. The molecule has 0 amide bonds. The highest BCUT2D eigenvalue weighted by Gasteiger charge is 2.26. The molecule has 5 rings (SSSR count). The topological polar surface area (TPSA) is 72.2 Å². The number of methoxy groups -OCH3 is 6. The van der Waals surface area contributed by atoms with E-state index in [-0.39, 0.29) is 0 Å². The highest BCUT2D eigenvalue weighted by molar-refractivity contribution is 5.96. The van der Waals surface area contributed by atoms with Gasteiger partial charge in [-0.25, -0.2) is 0 Å². The van der Waals surface area contributed by atoms with E-state index in [9.17, 15) is 0 Å². The van der Waals surface area contributed by atoms with Gasteiger partial charge in [0.1, 0.15) is 12.8 Å². The fraction of sp³-hybridized carbons (Fsp3) is 0.235. The van der Waals surface area contributed by atoms with Gasteiger partial charge in [0, 0.05) is 41.3 Å². The van der Waals surface area contributed by atoms with Crippen molar-refractivity contribution >= 4 is 10.8 Å². The molecular weight excluding hydrogens is 532 g/mol. The Bertz CT molecular complexity index is 1770. The normalized spacial score (nSPS) is 10.9. The number of ether oxygens (including phenoxy) is 6. The van der Waals surface area contributed by atoms with Crippen molar-refractivity contribution in [3.8, 4) is 68.1 Å². The summed E-state index contributed by atoms with van der Waals surface area (Å²) in [7, 11) is 11.8. The number of aryl methyl sites for hydroxylation is 1. The van der Waals surface area contributed by atoms with Gasteiger partial charge in [-0.2, -0.15) is 4.57 Å². The molecule has 216 valence electrons. The van der Waals surface area contributed by atoms with Crippen LogP contribution >= 0.6 is 0 Å². The van der Waals surface area contributed by atoms with Gasteiger partial charge >= 0.3 is 0 Å². The van der Waals surface area contributed by atoms with Gasteiger partial charge in [-0.15, -0.1) is 0 Å². The summed E-state index contributed by atoms with van der Waals surface area (Å²) in [5.74, 6) is 3.80. The third-order valence-electron chi connectivity index (χ3n) is 7.59. The Kier molecular flexibility index (Phi) is 8.06. The van der Waals surface area contributed by atoms with Crippen LogP contribution in [0.3, 0.4) is 0 Å². The van der Waals surface area contributed by atoms with Gasteiger partial charge in [-0.1, -0.05) is 18.2 Å². The zero-order valence-electron chi connectivity index (χ0n) is 25.2. The van der Waals surface area contributed by atoms with Gasteiger partial charge in [-0.3, -0.25) is 4.98 Å². The van der Waals surface area contributed by atoms with E-state index >= 15 is 0 Å². The lowest BCUT2D eigenvalue weighted by Crippen LogP contribution is -2.35. The lowest BCUT2D eigenvalue weighted by molar-refractivity contribution is -0.665. The van der Waals surface area contributed by atoms with Crippen molar-refractivity contribution in [2.75, 3.05) is 42.7 Å². The maximum atomic E-state index is 5.85. The minimum Gasteiger partial charge on any atom is -0.497 e. The van der Waals surface area contributed by atoms with Crippen molar-refractivity contribution < 1.29 is 33.0 Å². The maximum absolute atomic E-state index is 5.85. The van der Waals surface area contributed by atoms with Crippen LogP contribution in [0, 0.1) is 6.92 Å². The zero-order chi connectivity index (χ0) is 30.0. The van der Waals surface area contributed by atoms with E-state index in [2.05, 4.69) is 23.6 Å². The van der Waals surface area contributed by atoms with Crippen LogP contribution in [0.4, 0.5) is 0 Å². The van der Waals surface area contributed by atoms with Gasteiger partial charge < -0.3 is 28.4 Å². The summed E-state index contributed by atoms with van der Waals surface area (Å²) < 4.78 is 36.3. The molecule has 0 aliphatic heterocycles. The smallest absolute Gasteiger partial charge is 0.213 e. The average molecular weight is 568 g/mol. The van der Waals surface area contributed by atoms with Crippen LogP contribution in [-0.2, 0) is 7.05 Å².